The minimum Gasteiger partial charge on any atom is -0.462 e. The summed E-state index contributed by atoms with van der Waals surface area (Å²) in [5.41, 5.74) is 7.50. The van der Waals surface area contributed by atoms with Crippen LogP contribution in [0.15, 0.2) is 18.2 Å². The van der Waals surface area contributed by atoms with Crippen LogP contribution in [0.2, 0.25) is 0 Å². The molecule has 0 heterocycles. The molecule has 0 fully saturated rings. The van der Waals surface area contributed by atoms with E-state index in [0.29, 0.717) is 24.5 Å². The van der Waals surface area contributed by atoms with Gasteiger partial charge in [0.2, 0.25) is 0 Å². The molecule has 0 bridgehead atoms. The molecule has 16 heavy (non-hydrogen) atoms. The molecule has 0 saturated carbocycles. The third-order valence-electron chi connectivity index (χ3n) is 2.15. The average molecular weight is 223 g/mol. The highest BCUT2D eigenvalue weighted by molar-refractivity contribution is 5.95. The fourth-order valence-corrected chi connectivity index (χ4v) is 1.34. The first-order valence-corrected chi connectivity index (χ1v) is 5.24. The monoisotopic (exact) mass is 223 g/mol. The van der Waals surface area contributed by atoms with Gasteiger partial charge in [0.1, 0.15) is 0 Å². The normalized spacial score (nSPS) is 10.1. The molecule has 0 radical (unpaired) electrons. The second-order valence-corrected chi connectivity index (χ2v) is 3.45. The van der Waals surface area contributed by atoms with Crippen molar-refractivity contribution >= 4 is 11.7 Å². The molecule has 4 heteroatoms. The number of carbonyl (C=O) groups excluding carboxylic acids is 1. The zero-order chi connectivity index (χ0) is 12.0. The molecule has 0 amide bonds. The molecule has 0 atom stereocenters. The number of rotatable bonds is 5. The lowest BCUT2D eigenvalue weighted by molar-refractivity contribution is 0.0506. The van der Waals surface area contributed by atoms with Crippen LogP contribution in [0, 0.1) is 0 Å². The molecule has 0 unspecified atom stereocenters. The van der Waals surface area contributed by atoms with E-state index in [4.69, 9.17) is 15.2 Å². The van der Waals surface area contributed by atoms with E-state index in [1.807, 2.05) is 13.0 Å². The number of carbonyl (C=O) groups is 1. The highest BCUT2D eigenvalue weighted by Gasteiger charge is 2.13. The van der Waals surface area contributed by atoms with E-state index in [0.717, 1.165) is 12.0 Å². The molecule has 0 aliphatic heterocycles. The Balaban J connectivity index is 2.87. The van der Waals surface area contributed by atoms with Crippen LogP contribution < -0.4 is 5.73 Å². The maximum Gasteiger partial charge on any atom is 0.340 e. The molecule has 2 N–H and O–H groups in total. The number of nitrogens with two attached hydrogens (primary N) is 1. The summed E-state index contributed by atoms with van der Waals surface area (Å²) in [7, 11) is 1.58. The van der Waals surface area contributed by atoms with Gasteiger partial charge in [-0.25, -0.2) is 4.79 Å². The Hall–Kier alpha value is -1.55. The quantitative estimate of drug-likeness (QED) is 0.612. The Kier molecular flexibility index (Phi) is 4.79. The molecule has 88 valence electrons. The number of benzene rings is 1. The van der Waals surface area contributed by atoms with Gasteiger partial charge in [-0.1, -0.05) is 19.1 Å². The van der Waals surface area contributed by atoms with Crippen molar-refractivity contribution < 1.29 is 14.3 Å². The lowest BCUT2D eigenvalue weighted by Crippen LogP contribution is -2.10. The smallest absolute Gasteiger partial charge is 0.340 e. The standard InChI is InChI=1S/C12H17NO3/c1-3-7-16-12(14)10-6-4-5-9(8-15-2)11(10)13/h4-6H,3,7-8,13H2,1-2H3. The highest BCUT2D eigenvalue weighted by atomic mass is 16.5. The Morgan fingerprint density at radius 1 is 1.44 bits per heavy atom. The SMILES string of the molecule is CCCOC(=O)c1cccc(COC)c1N. The first kappa shape index (κ1) is 12.5. The van der Waals surface area contributed by atoms with Gasteiger partial charge >= 0.3 is 5.97 Å². The van der Waals surface area contributed by atoms with Crippen molar-refractivity contribution in [3.63, 3.8) is 0 Å². The van der Waals surface area contributed by atoms with Crippen LogP contribution >= 0.6 is 0 Å². The summed E-state index contributed by atoms with van der Waals surface area (Å²) in [6.45, 7) is 2.74. The number of methoxy groups -OCH3 is 1. The number of ether oxygens (including phenoxy) is 2. The third kappa shape index (κ3) is 2.97. The molecule has 1 aromatic carbocycles. The number of hydrogen-bond donors (Lipinski definition) is 1. The summed E-state index contributed by atoms with van der Waals surface area (Å²) in [5, 5.41) is 0. The average Bonchev–Trinajstić information content (AvgIpc) is 2.29. The lowest BCUT2D eigenvalue weighted by atomic mass is 10.1. The van der Waals surface area contributed by atoms with Crippen LogP contribution in [0.5, 0.6) is 0 Å². The van der Waals surface area contributed by atoms with E-state index in [-0.39, 0.29) is 5.97 Å². The maximum absolute atomic E-state index is 11.6. The predicted molar refractivity (Wildman–Crippen MR) is 62.1 cm³/mol. The topological polar surface area (TPSA) is 61.5 Å². The largest absolute Gasteiger partial charge is 0.462 e. The lowest BCUT2D eigenvalue weighted by Gasteiger charge is -2.09. The van der Waals surface area contributed by atoms with Gasteiger partial charge < -0.3 is 15.2 Å². The molecular formula is C12H17NO3. The van der Waals surface area contributed by atoms with Crippen molar-refractivity contribution in [2.75, 3.05) is 19.5 Å². The van der Waals surface area contributed by atoms with Crippen LogP contribution in [-0.2, 0) is 16.1 Å². The molecule has 0 aliphatic carbocycles. The van der Waals surface area contributed by atoms with E-state index in [1.165, 1.54) is 0 Å². The van der Waals surface area contributed by atoms with Crippen LogP contribution in [0.4, 0.5) is 5.69 Å². The van der Waals surface area contributed by atoms with Crippen molar-refractivity contribution in [1.82, 2.24) is 0 Å². The van der Waals surface area contributed by atoms with Crippen LogP contribution in [0.1, 0.15) is 29.3 Å². The van der Waals surface area contributed by atoms with Gasteiger partial charge in [-0.3, -0.25) is 0 Å². The van der Waals surface area contributed by atoms with Gasteiger partial charge in [0, 0.05) is 12.7 Å². The number of para-hydroxylation sites is 1. The molecule has 0 spiro atoms. The maximum atomic E-state index is 11.6. The number of nitrogen functional groups attached to an aromatic ring is 1. The van der Waals surface area contributed by atoms with Crippen molar-refractivity contribution in [3.05, 3.63) is 29.3 Å². The van der Waals surface area contributed by atoms with Gasteiger partial charge in [0.25, 0.3) is 0 Å². The number of anilines is 1. The molecular weight excluding hydrogens is 206 g/mol. The second kappa shape index (κ2) is 6.12. The van der Waals surface area contributed by atoms with Gasteiger partial charge in [0.15, 0.2) is 0 Å². The fraction of sp³-hybridized carbons (Fsp3) is 0.417. The van der Waals surface area contributed by atoms with Gasteiger partial charge in [-0.15, -0.1) is 0 Å². The predicted octanol–water partition coefficient (Wildman–Crippen LogP) is 1.98. The van der Waals surface area contributed by atoms with Gasteiger partial charge in [-0.2, -0.15) is 0 Å². The van der Waals surface area contributed by atoms with Gasteiger partial charge in [-0.05, 0) is 12.5 Å². The molecule has 1 rings (SSSR count). The fourth-order valence-electron chi connectivity index (χ4n) is 1.34. The molecule has 4 nitrogen and oxygen atoms in total. The zero-order valence-corrected chi connectivity index (χ0v) is 9.66. The summed E-state index contributed by atoms with van der Waals surface area (Å²) in [6, 6.07) is 5.26. The van der Waals surface area contributed by atoms with Crippen molar-refractivity contribution in [2.45, 2.75) is 20.0 Å². The molecule has 1 aromatic rings. The highest BCUT2D eigenvalue weighted by Crippen LogP contribution is 2.19. The van der Waals surface area contributed by atoms with Crippen LogP contribution in [0.3, 0.4) is 0 Å². The third-order valence-corrected chi connectivity index (χ3v) is 2.15. The van der Waals surface area contributed by atoms with E-state index in [1.54, 1.807) is 19.2 Å². The second-order valence-electron chi connectivity index (χ2n) is 3.45. The summed E-state index contributed by atoms with van der Waals surface area (Å²) in [5.74, 6) is -0.377. The van der Waals surface area contributed by atoms with Crippen molar-refractivity contribution in [3.8, 4) is 0 Å². The van der Waals surface area contributed by atoms with E-state index >= 15 is 0 Å². The molecule has 0 aliphatic rings. The van der Waals surface area contributed by atoms with Gasteiger partial charge in [0.05, 0.1) is 24.5 Å². The summed E-state index contributed by atoms with van der Waals surface area (Å²) in [6.07, 6.45) is 0.795. The Bertz CT molecular complexity index is 363. The minimum atomic E-state index is -0.377. The Morgan fingerprint density at radius 3 is 2.81 bits per heavy atom. The molecule has 0 aromatic heterocycles. The first-order chi connectivity index (χ1) is 7.70. The minimum absolute atomic E-state index is 0.377. The number of hydrogen-bond acceptors (Lipinski definition) is 4. The number of esters is 1. The summed E-state index contributed by atoms with van der Waals surface area (Å²) in [4.78, 5) is 11.6. The van der Waals surface area contributed by atoms with Crippen molar-refractivity contribution in [1.29, 1.82) is 0 Å². The summed E-state index contributed by atoms with van der Waals surface area (Å²) >= 11 is 0. The van der Waals surface area contributed by atoms with E-state index in [2.05, 4.69) is 0 Å². The molecule has 0 saturated heterocycles. The Morgan fingerprint density at radius 2 is 2.19 bits per heavy atom. The van der Waals surface area contributed by atoms with E-state index in [9.17, 15) is 4.79 Å². The zero-order valence-electron chi connectivity index (χ0n) is 9.66. The van der Waals surface area contributed by atoms with Crippen molar-refractivity contribution in [2.24, 2.45) is 0 Å². The van der Waals surface area contributed by atoms with Crippen LogP contribution in [-0.4, -0.2) is 19.7 Å². The van der Waals surface area contributed by atoms with E-state index < -0.39 is 0 Å². The first-order valence-electron chi connectivity index (χ1n) is 5.24. The Labute approximate surface area is 95.3 Å². The van der Waals surface area contributed by atoms with Crippen LogP contribution in [0.25, 0.3) is 0 Å². The summed E-state index contributed by atoms with van der Waals surface area (Å²) < 4.78 is 10.0.